The van der Waals surface area contributed by atoms with E-state index in [4.69, 9.17) is 5.11 Å². The van der Waals surface area contributed by atoms with E-state index in [1.54, 1.807) is 17.0 Å². The third-order valence-corrected chi connectivity index (χ3v) is 2.55. The van der Waals surface area contributed by atoms with E-state index in [2.05, 4.69) is 10.3 Å². The lowest BCUT2D eigenvalue weighted by molar-refractivity contribution is -0.137. The summed E-state index contributed by atoms with van der Waals surface area (Å²) < 4.78 is 1.60. The molecule has 0 aliphatic carbocycles. The maximum absolute atomic E-state index is 12.0. The Morgan fingerprint density at radius 1 is 1.61 bits per heavy atom. The highest BCUT2D eigenvalue weighted by Gasteiger charge is 2.09. The number of hydrogen-bond donors (Lipinski definition) is 2. The average Bonchev–Trinajstić information content (AvgIpc) is 2.32. The second-order valence-corrected chi connectivity index (χ2v) is 4.25. The van der Waals surface area contributed by atoms with Crippen molar-refractivity contribution in [2.75, 3.05) is 5.32 Å². The van der Waals surface area contributed by atoms with Crippen LogP contribution in [0.2, 0.25) is 0 Å². The summed E-state index contributed by atoms with van der Waals surface area (Å²) in [4.78, 5) is 26.4. The van der Waals surface area contributed by atoms with Gasteiger partial charge in [-0.15, -0.1) is 0 Å². The molecule has 6 heteroatoms. The van der Waals surface area contributed by atoms with Crippen molar-refractivity contribution in [3.8, 4) is 0 Å². The van der Waals surface area contributed by atoms with Crippen molar-refractivity contribution < 1.29 is 9.90 Å². The lowest BCUT2D eigenvalue weighted by atomic mass is 10.2. The van der Waals surface area contributed by atoms with Gasteiger partial charge >= 0.3 is 5.97 Å². The van der Waals surface area contributed by atoms with E-state index in [1.165, 1.54) is 0 Å². The van der Waals surface area contributed by atoms with Gasteiger partial charge in [0.15, 0.2) is 5.82 Å². The molecular formula is C12H19N3O3. The quantitative estimate of drug-likeness (QED) is 0.765. The topological polar surface area (TPSA) is 84.2 Å². The van der Waals surface area contributed by atoms with Gasteiger partial charge in [0.25, 0.3) is 5.56 Å². The van der Waals surface area contributed by atoms with Crippen molar-refractivity contribution in [1.82, 2.24) is 9.55 Å². The number of aromatic nitrogens is 2. The van der Waals surface area contributed by atoms with Crippen molar-refractivity contribution in [3.05, 3.63) is 22.7 Å². The summed E-state index contributed by atoms with van der Waals surface area (Å²) in [5, 5.41) is 11.5. The third-order valence-electron chi connectivity index (χ3n) is 2.55. The minimum Gasteiger partial charge on any atom is -0.481 e. The summed E-state index contributed by atoms with van der Waals surface area (Å²) in [5.41, 5.74) is -0.165. The van der Waals surface area contributed by atoms with Crippen LogP contribution in [0.5, 0.6) is 0 Å². The zero-order chi connectivity index (χ0) is 13.5. The monoisotopic (exact) mass is 253 g/mol. The first-order chi connectivity index (χ1) is 8.54. The molecule has 0 spiro atoms. The van der Waals surface area contributed by atoms with E-state index < -0.39 is 5.97 Å². The second-order valence-electron chi connectivity index (χ2n) is 4.25. The van der Waals surface area contributed by atoms with Crippen molar-refractivity contribution in [2.24, 2.45) is 0 Å². The molecule has 1 atom stereocenters. The number of nitrogens with one attached hydrogen (secondary N) is 1. The van der Waals surface area contributed by atoms with Gasteiger partial charge in [-0.3, -0.25) is 9.59 Å². The first-order valence-corrected chi connectivity index (χ1v) is 6.08. The Morgan fingerprint density at radius 3 is 2.94 bits per heavy atom. The van der Waals surface area contributed by atoms with Crippen molar-refractivity contribution in [2.45, 2.75) is 45.7 Å². The predicted molar refractivity (Wildman–Crippen MR) is 68.7 cm³/mol. The van der Waals surface area contributed by atoms with E-state index in [0.717, 1.165) is 6.42 Å². The highest BCUT2D eigenvalue weighted by Crippen LogP contribution is 2.03. The van der Waals surface area contributed by atoms with Crippen molar-refractivity contribution in [3.63, 3.8) is 0 Å². The maximum atomic E-state index is 12.0. The van der Waals surface area contributed by atoms with Crippen LogP contribution in [0, 0.1) is 0 Å². The van der Waals surface area contributed by atoms with E-state index in [0.29, 0.717) is 13.0 Å². The van der Waals surface area contributed by atoms with Gasteiger partial charge < -0.3 is 15.0 Å². The van der Waals surface area contributed by atoms with Crippen molar-refractivity contribution in [1.29, 1.82) is 0 Å². The van der Waals surface area contributed by atoms with Crippen LogP contribution < -0.4 is 10.9 Å². The Kier molecular flexibility index (Phi) is 5.35. The van der Waals surface area contributed by atoms with Gasteiger partial charge in [-0.05, 0) is 19.8 Å². The fraction of sp³-hybridized carbons (Fsp3) is 0.583. The van der Waals surface area contributed by atoms with Crippen LogP contribution in [0.15, 0.2) is 17.2 Å². The van der Waals surface area contributed by atoms with E-state index in [1.807, 2.05) is 13.8 Å². The molecule has 1 aromatic rings. The van der Waals surface area contributed by atoms with Crippen LogP contribution in [0.1, 0.15) is 33.1 Å². The van der Waals surface area contributed by atoms with E-state index in [-0.39, 0.29) is 23.8 Å². The molecule has 0 bridgehead atoms. The first-order valence-electron chi connectivity index (χ1n) is 6.08. The molecule has 6 nitrogen and oxygen atoms in total. The molecule has 0 saturated carbocycles. The molecular weight excluding hydrogens is 234 g/mol. The van der Waals surface area contributed by atoms with E-state index in [9.17, 15) is 9.59 Å². The summed E-state index contributed by atoms with van der Waals surface area (Å²) in [6, 6.07) is -0.0984. The molecule has 0 amide bonds. The van der Waals surface area contributed by atoms with Gasteiger partial charge in [0, 0.05) is 31.4 Å². The molecule has 1 rings (SSSR count). The molecule has 1 aromatic heterocycles. The fourth-order valence-corrected chi connectivity index (χ4v) is 1.61. The zero-order valence-electron chi connectivity index (χ0n) is 10.7. The summed E-state index contributed by atoms with van der Waals surface area (Å²) >= 11 is 0. The van der Waals surface area contributed by atoms with Gasteiger partial charge in [-0.2, -0.15) is 0 Å². The number of aliphatic carboxylic acids is 1. The number of nitrogens with zero attached hydrogens (tertiary/aromatic N) is 2. The number of carboxylic acid groups (broad SMARTS) is 1. The third kappa shape index (κ3) is 4.20. The summed E-state index contributed by atoms with van der Waals surface area (Å²) in [7, 11) is 0. The highest BCUT2D eigenvalue weighted by atomic mass is 16.4. The number of hydrogen-bond acceptors (Lipinski definition) is 4. The van der Waals surface area contributed by atoms with Crippen molar-refractivity contribution >= 4 is 11.8 Å². The summed E-state index contributed by atoms with van der Waals surface area (Å²) in [6.07, 6.45) is 4.63. The number of carboxylic acids is 1. The number of aryl methyl sites for hydroxylation is 1. The normalized spacial score (nSPS) is 12.1. The molecule has 18 heavy (non-hydrogen) atoms. The lowest BCUT2D eigenvalue weighted by Crippen LogP contribution is -2.28. The highest BCUT2D eigenvalue weighted by molar-refractivity contribution is 5.66. The van der Waals surface area contributed by atoms with Crippen LogP contribution >= 0.6 is 0 Å². The lowest BCUT2D eigenvalue weighted by Gasteiger charge is -2.13. The van der Waals surface area contributed by atoms with E-state index >= 15 is 0 Å². The maximum Gasteiger partial charge on any atom is 0.303 e. The minimum atomic E-state index is -0.840. The first kappa shape index (κ1) is 14.2. The Morgan fingerprint density at radius 2 is 2.33 bits per heavy atom. The van der Waals surface area contributed by atoms with Gasteiger partial charge in [0.05, 0.1) is 0 Å². The fourth-order valence-electron chi connectivity index (χ4n) is 1.61. The predicted octanol–water partition coefficient (Wildman–Crippen LogP) is 1.32. The molecule has 1 heterocycles. The van der Waals surface area contributed by atoms with Gasteiger partial charge in [-0.1, -0.05) is 6.92 Å². The van der Waals surface area contributed by atoms with Gasteiger partial charge in [0.1, 0.15) is 0 Å². The molecule has 2 N–H and O–H groups in total. The zero-order valence-corrected chi connectivity index (χ0v) is 10.7. The molecule has 100 valence electrons. The SMILES string of the molecule is CCCn1ccnc(NC(C)CCC(=O)O)c1=O. The second kappa shape index (κ2) is 6.78. The van der Waals surface area contributed by atoms with Gasteiger partial charge in [0.2, 0.25) is 0 Å². The average molecular weight is 253 g/mol. The van der Waals surface area contributed by atoms with Crippen LogP contribution in [0.4, 0.5) is 5.82 Å². The number of carbonyl (C=O) groups is 1. The Balaban J connectivity index is 2.69. The van der Waals surface area contributed by atoms with Gasteiger partial charge in [-0.25, -0.2) is 4.98 Å². The standard InChI is InChI=1S/C12H19N3O3/c1-3-7-15-8-6-13-11(12(15)18)14-9(2)4-5-10(16)17/h6,8-9H,3-5,7H2,1-2H3,(H,13,14)(H,16,17). The minimum absolute atomic E-state index is 0.0736. The summed E-state index contributed by atoms with van der Waals surface area (Å²) in [6.45, 7) is 4.48. The number of anilines is 1. The Bertz CT molecular complexity index is 456. The molecule has 0 saturated heterocycles. The largest absolute Gasteiger partial charge is 0.481 e. The molecule has 0 fully saturated rings. The molecule has 0 aliphatic rings. The Labute approximate surface area is 106 Å². The van der Waals surface area contributed by atoms with Crippen LogP contribution in [0.25, 0.3) is 0 Å². The smallest absolute Gasteiger partial charge is 0.303 e. The van der Waals surface area contributed by atoms with Crippen LogP contribution in [-0.4, -0.2) is 26.7 Å². The summed E-state index contributed by atoms with van der Waals surface area (Å²) in [5.74, 6) is -0.558. The van der Waals surface area contributed by atoms with Crippen LogP contribution in [-0.2, 0) is 11.3 Å². The number of rotatable bonds is 7. The molecule has 0 radical (unpaired) electrons. The molecule has 1 unspecified atom stereocenters. The molecule has 0 aliphatic heterocycles. The molecule has 0 aromatic carbocycles. The van der Waals surface area contributed by atoms with Crippen LogP contribution in [0.3, 0.4) is 0 Å². The Hall–Kier alpha value is -1.85.